The molecule has 5 nitrogen and oxygen atoms in total. The highest BCUT2D eigenvalue weighted by Gasteiger charge is 2.28. The van der Waals surface area contributed by atoms with Gasteiger partial charge >= 0.3 is 5.97 Å². The monoisotopic (exact) mass is 318 g/mol. The predicted octanol–water partition coefficient (Wildman–Crippen LogP) is 2.29. The van der Waals surface area contributed by atoms with Crippen molar-refractivity contribution >= 4 is 40.6 Å². The van der Waals surface area contributed by atoms with Crippen molar-refractivity contribution in [3.63, 3.8) is 0 Å². The summed E-state index contributed by atoms with van der Waals surface area (Å²) < 4.78 is 5.10. The maximum atomic E-state index is 12.1. The van der Waals surface area contributed by atoms with Crippen LogP contribution in [-0.2, 0) is 22.5 Å². The van der Waals surface area contributed by atoms with E-state index >= 15 is 0 Å². The highest BCUT2D eigenvalue weighted by molar-refractivity contribution is 7.17. The second-order valence-electron chi connectivity index (χ2n) is 4.60. The molecule has 0 fully saturated rings. The SMILES string of the molecule is CCOC(=O)c1c(NC(C)=O)sc2c1CCN(C)C2.Cl. The molecular formula is C13H19ClN2O3S. The third-order valence-electron chi connectivity index (χ3n) is 3.02. The van der Waals surface area contributed by atoms with E-state index in [1.807, 2.05) is 7.05 Å². The van der Waals surface area contributed by atoms with Gasteiger partial charge in [-0.3, -0.25) is 4.79 Å². The quantitative estimate of drug-likeness (QED) is 0.869. The molecule has 1 amide bonds. The summed E-state index contributed by atoms with van der Waals surface area (Å²) in [7, 11) is 2.05. The average Bonchev–Trinajstić information content (AvgIpc) is 2.65. The molecule has 2 heterocycles. The summed E-state index contributed by atoms with van der Waals surface area (Å²) in [4.78, 5) is 26.7. The number of ether oxygens (including phenoxy) is 1. The van der Waals surface area contributed by atoms with E-state index in [0.29, 0.717) is 17.2 Å². The Morgan fingerprint density at radius 2 is 2.15 bits per heavy atom. The number of thiophene rings is 1. The van der Waals surface area contributed by atoms with E-state index in [1.165, 1.54) is 18.3 Å². The largest absolute Gasteiger partial charge is 0.462 e. The smallest absolute Gasteiger partial charge is 0.341 e. The van der Waals surface area contributed by atoms with Crippen LogP contribution in [0.4, 0.5) is 5.00 Å². The molecule has 1 aromatic rings. The van der Waals surface area contributed by atoms with Crippen LogP contribution in [0.5, 0.6) is 0 Å². The average molecular weight is 319 g/mol. The second-order valence-corrected chi connectivity index (χ2v) is 5.70. The number of carbonyl (C=O) groups excluding carboxylic acids is 2. The maximum absolute atomic E-state index is 12.1. The lowest BCUT2D eigenvalue weighted by atomic mass is 10.0. The van der Waals surface area contributed by atoms with Crippen molar-refractivity contribution in [2.75, 3.05) is 25.5 Å². The fourth-order valence-electron chi connectivity index (χ4n) is 2.20. The van der Waals surface area contributed by atoms with Crippen molar-refractivity contribution in [2.45, 2.75) is 26.8 Å². The summed E-state index contributed by atoms with van der Waals surface area (Å²) in [6, 6.07) is 0. The zero-order valence-electron chi connectivity index (χ0n) is 11.8. The Morgan fingerprint density at radius 1 is 1.45 bits per heavy atom. The van der Waals surface area contributed by atoms with Crippen LogP contribution in [0.1, 0.15) is 34.6 Å². The third kappa shape index (κ3) is 3.50. The second kappa shape index (κ2) is 7.06. The van der Waals surface area contributed by atoms with E-state index in [9.17, 15) is 9.59 Å². The first-order valence-corrected chi connectivity index (χ1v) is 7.12. The predicted molar refractivity (Wildman–Crippen MR) is 81.9 cm³/mol. The van der Waals surface area contributed by atoms with Gasteiger partial charge in [0.1, 0.15) is 5.00 Å². The number of fused-ring (bicyclic) bond motifs is 1. The van der Waals surface area contributed by atoms with Crippen molar-refractivity contribution in [1.29, 1.82) is 0 Å². The molecule has 0 spiro atoms. The Hall–Kier alpha value is -1.11. The van der Waals surface area contributed by atoms with Gasteiger partial charge in [-0.15, -0.1) is 23.7 Å². The van der Waals surface area contributed by atoms with Crippen molar-refractivity contribution in [3.8, 4) is 0 Å². The zero-order valence-corrected chi connectivity index (χ0v) is 13.4. The summed E-state index contributed by atoms with van der Waals surface area (Å²) in [5.74, 6) is -0.509. The van der Waals surface area contributed by atoms with Crippen LogP contribution in [0.25, 0.3) is 0 Å². The number of esters is 1. The summed E-state index contributed by atoms with van der Waals surface area (Å²) >= 11 is 1.47. The molecule has 1 N–H and O–H groups in total. The van der Waals surface area contributed by atoms with E-state index in [0.717, 1.165) is 30.0 Å². The van der Waals surface area contributed by atoms with E-state index in [1.54, 1.807) is 6.92 Å². The zero-order chi connectivity index (χ0) is 14.0. The first-order valence-electron chi connectivity index (χ1n) is 6.30. The van der Waals surface area contributed by atoms with Gasteiger partial charge in [-0.2, -0.15) is 0 Å². The number of hydrogen-bond acceptors (Lipinski definition) is 5. The van der Waals surface area contributed by atoms with Crippen molar-refractivity contribution in [2.24, 2.45) is 0 Å². The number of halogens is 1. The van der Waals surface area contributed by atoms with Crippen LogP contribution in [0.15, 0.2) is 0 Å². The Bertz CT molecular complexity index is 516. The molecule has 0 saturated carbocycles. The Labute approximate surface area is 128 Å². The number of amides is 1. The first-order chi connectivity index (χ1) is 9.02. The number of likely N-dealkylation sites (N-methyl/N-ethyl adjacent to an activating group) is 1. The molecule has 1 aromatic heterocycles. The van der Waals surface area contributed by atoms with E-state index in [4.69, 9.17) is 4.74 Å². The molecule has 2 rings (SSSR count). The lowest BCUT2D eigenvalue weighted by Crippen LogP contribution is -2.26. The number of nitrogens with zero attached hydrogens (tertiary/aromatic N) is 1. The Morgan fingerprint density at radius 3 is 2.75 bits per heavy atom. The fraction of sp³-hybridized carbons (Fsp3) is 0.538. The van der Waals surface area contributed by atoms with Crippen LogP contribution in [0.3, 0.4) is 0 Å². The normalized spacial score (nSPS) is 14.2. The first kappa shape index (κ1) is 16.9. The summed E-state index contributed by atoms with van der Waals surface area (Å²) in [5, 5.41) is 3.36. The van der Waals surface area contributed by atoms with Crippen molar-refractivity contribution in [3.05, 3.63) is 16.0 Å². The third-order valence-corrected chi connectivity index (χ3v) is 4.15. The summed E-state index contributed by atoms with van der Waals surface area (Å²) in [6.07, 6.45) is 0.816. The van der Waals surface area contributed by atoms with Gasteiger partial charge in [-0.05, 0) is 26.0 Å². The van der Waals surface area contributed by atoms with Crippen molar-refractivity contribution < 1.29 is 14.3 Å². The van der Waals surface area contributed by atoms with Gasteiger partial charge in [0.25, 0.3) is 0 Å². The number of carbonyl (C=O) groups is 2. The molecule has 7 heteroatoms. The molecule has 1 aliphatic rings. The van der Waals surface area contributed by atoms with Gasteiger partial charge < -0.3 is 15.0 Å². The number of rotatable bonds is 3. The van der Waals surface area contributed by atoms with Crippen LogP contribution < -0.4 is 5.32 Å². The molecule has 0 atom stereocenters. The summed E-state index contributed by atoms with van der Waals surface area (Å²) in [5.41, 5.74) is 1.58. The minimum Gasteiger partial charge on any atom is -0.462 e. The molecule has 0 unspecified atom stereocenters. The van der Waals surface area contributed by atoms with Crippen LogP contribution >= 0.6 is 23.7 Å². The highest BCUT2D eigenvalue weighted by Crippen LogP contribution is 2.37. The topological polar surface area (TPSA) is 58.6 Å². The van der Waals surface area contributed by atoms with Crippen LogP contribution in [0, 0.1) is 0 Å². The molecular weight excluding hydrogens is 300 g/mol. The standard InChI is InChI=1S/C13H18N2O3S.ClH/c1-4-18-13(17)11-9-5-6-15(3)7-10(9)19-12(11)14-8(2)16;/h4-7H2,1-3H3,(H,14,16);1H. The van der Waals surface area contributed by atoms with Gasteiger partial charge in [0.05, 0.1) is 12.2 Å². The fourth-order valence-corrected chi connectivity index (χ4v) is 3.56. The van der Waals surface area contributed by atoms with Gasteiger partial charge in [-0.1, -0.05) is 0 Å². The van der Waals surface area contributed by atoms with E-state index in [-0.39, 0.29) is 24.3 Å². The van der Waals surface area contributed by atoms with Gasteiger partial charge in [0.2, 0.25) is 5.91 Å². The molecule has 0 aromatic carbocycles. The molecule has 0 radical (unpaired) electrons. The maximum Gasteiger partial charge on any atom is 0.341 e. The van der Waals surface area contributed by atoms with Gasteiger partial charge in [0, 0.05) is 24.9 Å². The lowest BCUT2D eigenvalue weighted by molar-refractivity contribution is -0.114. The minimum atomic E-state index is -0.340. The highest BCUT2D eigenvalue weighted by atomic mass is 35.5. The molecule has 0 aliphatic carbocycles. The van der Waals surface area contributed by atoms with Crippen molar-refractivity contribution in [1.82, 2.24) is 4.90 Å². The summed E-state index contributed by atoms with van der Waals surface area (Å²) in [6.45, 7) is 5.28. The van der Waals surface area contributed by atoms with Crippen LogP contribution in [0.2, 0.25) is 0 Å². The van der Waals surface area contributed by atoms with Crippen LogP contribution in [-0.4, -0.2) is 37.0 Å². The molecule has 0 saturated heterocycles. The van der Waals surface area contributed by atoms with Gasteiger partial charge in [0.15, 0.2) is 0 Å². The molecule has 112 valence electrons. The number of hydrogen-bond donors (Lipinski definition) is 1. The molecule has 1 aliphatic heterocycles. The minimum absolute atomic E-state index is 0. The lowest BCUT2D eigenvalue weighted by Gasteiger charge is -2.22. The Balaban J connectivity index is 0.00000200. The number of nitrogens with one attached hydrogen (secondary N) is 1. The molecule has 0 bridgehead atoms. The number of anilines is 1. The van der Waals surface area contributed by atoms with Gasteiger partial charge in [-0.25, -0.2) is 4.79 Å². The van der Waals surface area contributed by atoms with E-state index < -0.39 is 0 Å². The Kier molecular flexibility index (Phi) is 5.98. The van der Waals surface area contributed by atoms with E-state index in [2.05, 4.69) is 10.2 Å². The molecule has 20 heavy (non-hydrogen) atoms.